The number of rotatable bonds is 5. The zero-order chi connectivity index (χ0) is 21.7. The molecule has 1 N–H and O–H groups in total. The van der Waals surface area contributed by atoms with Crippen LogP contribution in [0.2, 0.25) is 0 Å². The van der Waals surface area contributed by atoms with Crippen LogP contribution in [0.3, 0.4) is 0 Å². The number of hydrogen-bond donors (Lipinski definition) is 1. The molecule has 1 aliphatic heterocycles. The maximum Gasteiger partial charge on any atom is 0.416 e. The molecule has 6 nitrogen and oxygen atoms in total. The van der Waals surface area contributed by atoms with Gasteiger partial charge in [0.15, 0.2) is 0 Å². The van der Waals surface area contributed by atoms with E-state index in [1.165, 1.54) is 30.3 Å². The molecule has 1 heterocycles. The molecule has 0 spiro atoms. The molecule has 0 bridgehead atoms. The average molecular weight is 419 g/mol. The zero-order valence-corrected chi connectivity index (χ0v) is 16.0. The Bertz CT molecular complexity index is 967. The van der Waals surface area contributed by atoms with E-state index in [2.05, 4.69) is 5.32 Å². The Hall–Kier alpha value is -3.36. The Morgan fingerprint density at radius 3 is 2.50 bits per heavy atom. The summed E-state index contributed by atoms with van der Waals surface area (Å²) in [5.74, 6) is -0.626. The maximum absolute atomic E-state index is 13.2. The normalized spacial score (nSPS) is 14.7. The van der Waals surface area contributed by atoms with Gasteiger partial charge >= 0.3 is 6.18 Å². The van der Waals surface area contributed by atoms with E-state index in [1.54, 1.807) is 6.07 Å². The van der Waals surface area contributed by atoms with E-state index in [9.17, 15) is 28.1 Å². The first-order valence-corrected chi connectivity index (χ1v) is 9.44. The molecular weight excluding hydrogens is 399 g/mol. The summed E-state index contributed by atoms with van der Waals surface area (Å²) in [6, 6.07) is 9.02. The van der Waals surface area contributed by atoms with Gasteiger partial charge in [-0.25, -0.2) is 0 Å². The van der Waals surface area contributed by atoms with Crippen LogP contribution in [0, 0.1) is 10.1 Å². The molecule has 0 saturated carbocycles. The lowest BCUT2D eigenvalue weighted by Crippen LogP contribution is -2.30. The van der Waals surface area contributed by atoms with Gasteiger partial charge in [0, 0.05) is 31.3 Å². The summed E-state index contributed by atoms with van der Waals surface area (Å²) in [6.45, 7) is 1.41. The highest BCUT2D eigenvalue weighted by atomic mass is 19.4. The molecule has 0 aliphatic carbocycles. The number of carbonyl (C=O) groups excluding carboxylic acids is 1. The van der Waals surface area contributed by atoms with Crippen molar-refractivity contribution in [1.29, 1.82) is 0 Å². The quantitative estimate of drug-likeness (QED) is 0.408. The number of amides is 1. The van der Waals surface area contributed by atoms with Crippen LogP contribution in [0.25, 0.3) is 6.08 Å². The standard InChI is InChI=1S/C21H20F3N3O3/c22-21(23,24)16-8-9-19(26-11-2-1-3-12-26)18(14-16)25-20(28)10-7-15-5-4-6-17(13-15)27(29)30/h4-10,13-14H,1-3,11-12H2,(H,25,28). The fourth-order valence-corrected chi connectivity index (χ4v) is 3.31. The highest BCUT2D eigenvalue weighted by Crippen LogP contribution is 2.36. The fraction of sp³-hybridized carbons (Fsp3) is 0.286. The SMILES string of the molecule is O=C(C=Cc1cccc([N+](=O)[O-])c1)Nc1cc(C(F)(F)F)ccc1N1CCCCC1. The number of alkyl halides is 3. The Morgan fingerprint density at radius 2 is 1.83 bits per heavy atom. The van der Waals surface area contributed by atoms with Crippen LogP contribution in [0.15, 0.2) is 48.5 Å². The van der Waals surface area contributed by atoms with Gasteiger partial charge in [-0.1, -0.05) is 12.1 Å². The third-order valence-corrected chi connectivity index (χ3v) is 4.79. The van der Waals surface area contributed by atoms with Crippen LogP contribution >= 0.6 is 0 Å². The predicted molar refractivity (Wildman–Crippen MR) is 108 cm³/mol. The lowest BCUT2D eigenvalue weighted by molar-refractivity contribution is -0.384. The van der Waals surface area contributed by atoms with Crippen molar-refractivity contribution in [2.45, 2.75) is 25.4 Å². The number of anilines is 2. The van der Waals surface area contributed by atoms with E-state index < -0.39 is 22.6 Å². The summed E-state index contributed by atoms with van der Waals surface area (Å²) in [5.41, 5.74) is 0.0870. The van der Waals surface area contributed by atoms with Crippen molar-refractivity contribution in [3.63, 3.8) is 0 Å². The molecule has 158 valence electrons. The van der Waals surface area contributed by atoms with Crippen LogP contribution in [-0.2, 0) is 11.0 Å². The van der Waals surface area contributed by atoms with Gasteiger partial charge in [-0.05, 0) is 49.1 Å². The van der Waals surface area contributed by atoms with Crippen LogP contribution in [0.4, 0.5) is 30.2 Å². The number of piperidine rings is 1. The predicted octanol–water partition coefficient (Wildman–Crippen LogP) is 5.26. The van der Waals surface area contributed by atoms with E-state index in [4.69, 9.17) is 0 Å². The van der Waals surface area contributed by atoms with E-state index >= 15 is 0 Å². The number of benzene rings is 2. The second kappa shape index (κ2) is 8.98. The Labute approximate surface area is 171 Å². The van der Waals surface area contributed by atoms with Gasteiger partial charge in [-0.3, -0.25) is 14.9 Å². The molecular formula is C21H20F3N3O3. The van der Waals surface area contributed by atoms with Crippen molar-refractivity contribution in [2.75, 3.05) is 23.3 Å². The first-order valence-electron chi connectivity index (χ1n) is 9.44. The third kappa shape index (κ3) is 5.37. The van der Waals surface area contributed by atoms with Crippen molar-refractivity contribution in [1.82, 2.24) is 0 Å². The first kappa shape index (κ1) is 21.4. The zero-order valence-electron chi connectivity index (χ0n) is 16.0. The number of carbonyl (C=O) groups is 1. The van der Waals surface area contributed by atoms with Crippen molar-refractivity contribution >= 4 is 29.0 Å². The molecule has 1 fully saturated rings. The summed E-state index contributed by atoms with van der Waals surface area (Å²) in [5, 5.41) is 13.4. The third-order valence-electron chi connectivity index (χ3n) is 4.79. The van der Waals surface area contributed by atoms with E-state index in [0.29, 0.717) is 24.3 Å². The maximum atomic E-state index is 13.2. The summed E-state index contributed by atoms with van der Waals surface area (Å²) < 4.78 is 39.5. The largest absolute Gasteiger partial charge is 0.416 e. The lowest BCUT2D eigenvalue weighted by atomic mass is 10.1. The highest BCUT2D eigenvalue weighted by Gasteiger charge is 2.31. The summed E-state index contributed by atoms with van der Waals surface area (Å²) in [7, 11) is 0. The molecule has 30 heavy (non-hydrogen) atoms. The molecule has 2 aromatic rings. The Balaban J connectivity index is 1.83. The molecule has 0 radical (unpaired) electrons. The summed E-state index contributed by atoms with van der Waals surface area (Å²) in [4.78, 5) is 24.6. The molecule has 0 aromatic heterocycles. The molecule has 0 unspecified atom stereocenters. The van der Waals surface area contributed by atoms with Gasteiger partial charge in [-0.15, -0.1) is 0 Å². The van der Waals surface area contributed by atoms with Crippen molar-refractivity contribution in [3.05, 3.63) is 69.8 Å². The minimum Gasteiger partial charge on any atom is -0.370 e. The number of halogens is 3. The van der Waals surface area contributed by atoms with E-state index in [0.717, 1.165) is 37.5 Å². The number of nitrogens with one attached hydrogen (secondary N) is 1. The number of nitro groups is 1. The van der Waals surface area contributed by atoms with Gasteiger partial charge in [0.2, 0.25) is 5.91 Å². The van der Waals surface area contributed by atoms with Crippen LogP contribution in [-0.4, -0.2) is 23.9 Å². The number of hydrogen-bond acceptors (Lipinski definition) is 4. The topological polar surface area (TPSA) is 75.5 Å². The molecule has 1 amide bonds. The summed E-state index contributed by atoms with van der Waals surface area (Å²) in [6.07, 6.45) is 0.904. The van der Waals surface area contributed by atoms with E-state index in [-0.39, 0.29) is 11.4 Å². The van der Waals surface area contributed by atoms with Gasteiger partial charge in [-0.2, -0.15) is 13.2 Å². The minimum atomic E-state index is -4.53. The van der Waals surface area contributed by atoms with E-state index in [1.807, 2.05) is 4.90 Å². The highest BCUT2D eigenvalue weighted by molar-refractivity contribution is 6.04. The molecule has 1 saturated heterocycles. The molecule has 1 aliphatic rings. The number of nitro benzene ring substituents is 1. The average Bonchev–Trinajstić information content (AvgIpc) is 2.72. The second-order valence-corrected chi connectivity index (χ2v) is 6.95. The van der Waals surface area contributed by atoms with Crippen LogP contribution in [0.1, 0.15) is 30.4 Å². The molecule has 9 heteroatoms. The second-order valence-electron chi connectivity index (χ2n) is 6.95. The molecule has 2 aromatic carbocycles. The van der Waals surface area contributed by atoms with Crippen molar-refractivity contribution in [2.24, 2.45) is 0 Å². The summed E-state index contributed by atoms with van der Waals surface area (Å²) >= 11 is 0. The van der Waals surface area contributed by atoms with Crippen molar-refractivity contribution < 1.29 is 22.9 Å². The molecule has 0 atom stereocenters. The minimum absolute atomic E-state index is 0.0837. The van der Waals surface area contributed by atoms with Gasteiger partial charge in [0.25, 0.3) is 5.69 Å². The van der Waals surface area contributed by atoms with Gasteiger partial charge in [0.05, 0.1) is 21.9 Å². The fourth-order valence-electron chi connectivity index (χ4n) is 3.31. The monoisotopic (exact) mass is 419 g/mol. The van der Waals surface area contributed by atoms with Gasteiger partial charge in [0.1, 0.15) is 0 Å². The first-order chi connectivity index (χ1) is 14.2. The van der Waals surface area contributed by atoms with Crippen LogP contribution < -0.4 is 10.2 Å². The van der Waals surface area contributed by atoms with Crippen LogP contribution in [0.5, 0.6) is 0 Å². The van der Waals surface area contributed by atoms with Gasteiger partial charge < -0.3 is 10.2 Å². The molecule has 3 rings (SSSR count). The smallest absolute Gasteiger partial charge is 0.370 e. The Morgan fingerprint density at radius 1 is 1.10 bits per heavy atom. The lowest BCUT2D eigenvalue weighted by Gasteiger charge is -2.31. The number of nitrogens with zero attached hydrogens (tertiary/aromatic N) is 2. The number of non-ortho nitro benzene ring substituents is 1. The van der Waals surface area contributed by atoms with Crippen molar-refractivity contribution in [3.8, 4) is 0 Å². The Kier molecular flexibility index (Phi) is 6.39.